The van der Waals surface area contributed by atoms with Gasteiger partial charge in [0.1, 0.15) is 5.82 Å². The fraction of sp³-hybridized carbons (Fsp3) is 0.385. The third-order valence-corrected chi connectivity index (χ3v) is 3.77. The van der Waals surface area contributed by atoms with Gasteiger partial charge in [0.15, 0.2) is 0 Å². The van der Waals surface area contributed by atoms with Crippen LogP contribution in [0.3, 0.4) is 0 Å². The van der Waals surface area contributed by atoms with Crippen molar-refractivity contribution in [1.82, 2.24) is 15.2 Å². The topological polar surface area (TPSA) is 67.6 Å². The summed E-state index contributed by atoms with van der Waals surface area (Å²) in [7, 11) is 0. The van der Waals surface area contributed by atoms with E-state index in [4.69, 9.17) is 5.73 Å². The maximum Gasteiger partial charge on any atom is 0.208 e. The highest BCUT2D eigenvalue weighted by molar-refractivity contribution is 7.99. The SMILES string of the molecule is Cc1ccc(C)c(C(N)CSc2n[nH]c(C)n2)c1. The number of nitrogens with one attached hydrogen (secondary N) is 1. The molecule has 0 saturated carbocycles. The van der Waals surface area contributed by atoms with Gasteiger partial charge in [-0.25, -0.2) is 4.98 Å². The molecule has 0 spiro atoms. The Balaban J connectivity index is 2.03. The second-order valence-corrected chi connectivity index (χ2v) is 5.47. The Morgan fingerprint density at radius 3 is 2.78 bits per heavy atom. The van der Waals surface area contributed by atoms with Gasteiger partial charge in [0.05, 0.1) is 0 Å². The maximum absolute atomic E-state index is 6.23. The van der Waals surface area contributed by atoms with E-state index in [0.717, 1.165) is 16.7 Å². The van der Waals surface area contributed by atoms with Crippen molar-refractivity contribution in [2.75, 3.05) is 5.75 Å². The first-order valence-electron chi connectivity index (χ1n) is 5.91. The summed E-state index contributed by atoms with van der Waals surface area (Å²) in [5, 5.41) is 7.68. The zero-order valence-electron chi connectivity index (χ0n) is 10.9. The first-order chi connectivity index (χ1) is 8.56. The van der Waals surface area contributed by atoms with Gasteiger partial charge in [0, 0.05) is 11.8 Å². The molecule has 0 saturated heterocycles. The molecule has 1 atom stereocenters. The second-order valence-electron chi connectivity index (χ2n) is 4.48. The van der Waals surface area contributed by atoms with Crippen molar-refractivity contribution in [1.29, 1.82) is 0 Å². The molecule has 1 heterocycles. The lowest BCUT2D eigenvalue weighted by atomic mass is 10.0. The van der Waals surface area contributed by atoms with E-state index in [1.165, 1.54) is 16.7 Å². The summed E-state index contributed by atoms with van der Waals surface area (Å²) < 4.78 is 0. The van der Waals surface area contributed by atoms with E-state index in [-0.39, 0.29) is 6.04 Å². The molecule has 0 aliphatic heterocycles. The lowest BCUT2D eigenvalue weighted by molar-refractivity contribution is 0.817. The van der Waals surface area contributed by atoms with E-state index in [0.29, 0.717) is 0 Å². The Morgan fingerprint density at radius 2 is 2.11 bits per heavy atom. The second kappa shape index (κ2) is 5.54. The Kier molecular flexibility index (Phi) is 4.04. The first kappa shape index (κ1) is 13.1. The van der Waals surface area contributed by atoms with E-state index < -0.39 is 0 Å². The zero-order valence-corrected chi connectivity index (χ0v) is 11.7. The summed E-state index contributed by atoms with van der Waals surface area (Å²) in [5.74, 6) is 1.61. The molecule has 0 bridgehead atoms. The van der Waals surface area contributed by atoms with E-state index in [1.807, 2.05) is 6.92 Å². The Hall–Kier alpha value is -1.33. The van der Waals surface area contributed by atoms with Crippen LogP contribution in [0.2, 0.25) is 0 Å². The summed E-state index contributed by atoms with van der Waals surface area (Å²) in [6.45, 7) is 6.07. The molecule has 2 rings (SSSR count). The molecule has 18 heavy (non-hydrogen) atoms. The summed E-state index contributed by atoms with van der Waals surface area (Å²) in [6.07, 6.45) is 0. The van der Waals surface area contributed by atoms with E-state index in [9.17, 15) is 0 Å². The number of aryl methyl sites for hydroxylation is 3. The van der Waals surface area contributed by atoms with Crippen molar-refractivity contribution in [2.45, 2.75) is 32.0 Å². The molecule has 0 aliphatic carbocycles. The minimum Gasteiger partial charge on any atom is -0.323 e. The number of H-pyrrole nitrogens is 1. The van der Waals surface area contributed by atoms with Crippen molar-refractivity contribution in [3.05, 3.63) is 40.7 Å². The average Bonchev–Trinajstić information content (AvgIpc) is 2.75. The summed E-state index contributed by atoms with van der Waals surface area (Å²) >= 11 is 1.58. The van der Waals surface area contributed by atoms with Gasteiger partial charge in [0.25, 0.3) is 0 Å². The van der Waals surface area contributed by atoms with Crippen molar-refractivity contribution in [3.63, 3.8) is 0 Å². The monoisotopic (exact) mass is 262 g/mol. The van der Waals surface area contributed by atoms with Gasteiger partial charge in [-0.3, -0.25) is 5.10 Å². The Labute approximate surface area is 111 Å². The zero-order chi connectivity index (χ0) is 13.1. The smallest absolute Gasteiger partial charge is 0.208 e. The number of hydrogen-bond acceptors (Lipinski definition) is 4. The number of nitrogens with zero attached hydrogens (tertiary/aromatic N) is 2. The third-order valence-electron chi connectivity index (χ3n) is 2.80. The van der Waals surface area contributed by atoms with Gasteiger partial charge >= 0.3 is 0 Å². The molecule has 2 aromatic rings. The van der Waals surface area contributed by atoms with Crippen molar-refractivity contribution in [3.8, 4) is 0 Å². The number of aromatic amines is 1. The third kappa shape index (κ3) is 3.11. The largest absolute Gasteiger partial charge is 0.323 e. The van der Waals surface area contributed by atoms with Gasteiger partial charge in [-0.2, -0.15) is 0 Å². The Bertz CT molecular complexity index is 536. The molecule has 0 amide bonds. The van der Waals surface area contributed by atoms with Gasteiger partial charge < -0.3 is 5.73 Å². The minimum atomic E-state index is 0.00806. The van der Waals surface area contributed by atoms with Gasteiger partial charge in [-0.1, -0.05) is 35.5 Å². The maximum atomic E-state index is 6.23. The highest BCUT2D eigenvalue weighted by Crippen LogP contribution is 2.23. The van der Waals surface area contributed by atoms with E-state index >= 15 is 0 Å². The van der Waals surface area contributed by atoms with Gasteiger partial charge in [-0.15, -0.1) is 5.10 Å². The summed E-state index contributed by atoms with van der Waals surface area (Å²) in [4.78, 5) is 4.26. The highest BCUT2D eigenvalue weighted by Gasteiger charge is 2.11. The molecular weight excluding hydrogens is 244 g/mol. The quantitative estimate of drug-likeness (QED) is 0.831. The normalized spacial score (nSPS) is 12.7. The molecular formula is C13H18N4S. The van der Waals surface area contributed by atoms with Crippen LogP contribution in [-0.2, 0) is 0 Å². The van der Waals surface area contributed by atoms with Crippen LogP contribution in [0, 0.1) is 20.8 Å². The number of benzene rings is 1. The summed E-state index contributed by atoms with van der Waals surface area (Å²) in [5.41, 5.74) is 9.91. The number of thioether (sulfide) groups is 1. The molecule has 1 unspecified atom stereocenters. The van der Waals surface area contributed by atoms with Crippen LogP contribution in [0.5, 0.6) is 0 Å². The van der Waals surface area contributed by atoms with Crippen molar-refractivity contribution >= 4 is 11.8 Å². The molecule has 1 aromatic carbocycles. The van der Waals surface area contributed by atoms with Crippen LogP contribution in [0.15, 0.2) is 23.4 Å². The molecule has 96 valence electrons. The van der Waals surface area contributed by atoms with Gasteiger partial charge in [-0.05, 0) is 31.9 Å². The van der Waals surface area contributed by atoms with E-state index in [1.54, 1.807) is 11.8 Å². The van der Waals surface area contributed by atoms with Crippen molar-refractivity contribution < 1.29 is 0 Å². The standard InChI is InChI=1S/C13H18N4S/c1-8-4-5-9(2)11(6-8)12(14)7-18-13-15-10(3)16-17-13/h4-6,12H,7,14H2,1-3H3,(H,15,16,17). The van der Waals surface area contributed by atoms with Gasteiger partial charge in [0.2, 0.25) is 5.16 Å². The number of rotatable bonds is 4. The summed E-state index contributed by atoms with van der Waals surface area (Å²) in [6, 6.07) is 6.39. The number of hydrogen-bond donors (Lipinski definition) is 2. The molecule has 4 nitrogen and oxygen atoms in total. The predicted molar refractivity (Wildman–Crippen MR) is 74.7 cm³/mol. The van der Waals surface area contributed by atoms with Crippen LogP contribution in [0.25, 0.3) is 0 Å². The van der Waals surface area contributed by atoms with Crippen LogP contribution in [0.4, 0.5) is 0 Å². The van der Waals surface area contributed by atoms with E-state index in [2.05, 4.69) is 47.2 Å². The number of nitrogens with two attached hydrogens (primary N) is 1. The molecule has 3 N–H and O–H groups in total. The molecule has 5 heteroatoms. The first-order valence-corrected chi connectivity index (χ1v) is 6.89. The lowest BCUT2D eigenvalue weighted by Crippen LogP contribution is -2.14. The Morgan fingerprint density at radius 1 is 1.33 bits per heavy atom. The van der Waals surface area contributed by atoms with Crippen LogP contribution >= 0.6 is 11.8 Å². The highest BCUT2D eigenvalue weighted by atomic mass is 32.2. The minimum absolute atomic E-state index is 0.00806. The lowest BCUT2D eigenvalue weighted by Gasteiger charge is -2.14. The van der Waals surface area contributed by atoms with Crippen LogP contribution in [-0.4, -0.2) is 20.9 Å². The van der Waals surface area contributed by atoms with Crippen molar-refractivity contribution in [2.24, 2.45) is 5.73 Å². The van der Waals surface area contributed by atoms with Crippen LogP contribution < -0.4 is 5.73 Å². The molecule has 0 radical (unpaired) electrons. The molecule has 0 aliphatic rings. The number of aromatic nitrogens is 3. The van der Waals surface area contributed by atoms with Crippen LogP contribution in [0.1, 0.15) is 28.6 Å². The fourth-order valence-electron chi connectivity index (χ4n) is 1.80. The predicted octanol–water partition coefficient (Wildman–Crippen LogP) is 2.52. The molecule has 1 aromatic heterocycles. The fourth-order valence-corrected chi connectivity index (χ4v) is 2.62. The molecule has 0 fully saturated rings. The average molecular weight is 262 g/mol.